The molecule has 7 heteroatoms. The Morgan fingerprint density at radius 1 is 1.38 bits per heavy atom. The highest BCUT2D eigenvalue weighted by Gasteiger charge is 2.32. The number of rotatable bonds is 6. The van der Waals surface area contributed by atoms with Crippen LogP contribution >= 0.6 is 11.3 Å². The summed E-state index contributed by atoms with van der Waals surface area (Å²) in [6.45, 7) is 2.07. The van der Waals surface area contributed by atoms with Gasteiger partial charge < -0.3 is 14.8 Å². The zero-order valence-electron chi connectivity index (χ0n) is 13.5. The van der Waals surface area contributed by atoms with Crippen LogP contribution < -0.4 is 10.1 Å². The van der Waals surface area contributed by atoms with Crippen LogP contribution in [-0.2, 0) is 4.74 Å². The molecule has 1 amide bonds. The normalized spacial score (nSPS) is 13.4. The van der Waals surface area contributed by atoms with E-state index in [0.29, 0.717) is 34.5 Å². The van der Waals surface area contributed by atoms with E-state index < -0.39 is 0 Å². The molecule has 126 valence electrons. The van der Waals surface area contributed by atoms with Gasteiger partial charge in [0.1, 0.15) is 5.00 Å². The van der Waals surface area contributed by atoms with Gasteiger partial charge >= 0.3 is 5.97 Å². The summed E-state index contributed by atoms with van der Waals surface area (Å²) < 4.78 is 10.1. The summed E-state index contributed by atoms with van der Waals surface area (Å²) in [5.41, 5.74) is 1.85. The van der Waals surface area contributed by atoms with Gasteiger partial charge in [0.2, 0.25) is 5.88 Å². The molecule has 0 radical (unpaired) electrons. The summed E-state index contributed by atoms with van der Waals surface area (Å²) in [6, 6.07) is 3.24. The number of anilines is 1. The molecule has 6 nitrogen and oxygen atoms in total. The summed E-state index contributed by atoms with van der Waals surface area (Å²) in [5.74, 6) is 0.128. The molecule has 24 heavy (non-hydrogen) atoms. The standard InChI is InChI=1S/C17H18N2O4S/c1-3-23-17(21)14-12(10-4-5-10)9-24-16(14)19-15(20)11-6-7-13(22-2)18-8-11/h6-10H,3-5H2,1-2H3,(H,19,20). The van der Waals surface area contributed by atoms with Crippen molar-refractivity contribution in [2.45, 2.75) is 25.7 Å². The molecule has 2 heterocycles. The number of carbonyl (C=O) groups excluding carboxylic acids is 2. The lowest BCUT2D eigenvalue weighted by molar-refractivity contribution is 0.0527. The van der Waals surface area contributed by atoms with Gasteiger partial charge in [-0.15, -0.1) is 11.3 Å². The number of pyridine rings is 1. The molecule has 0 saturated heterocycles. The van der Waals surface area contributed by atoms with Crippen molar-refractivity contribution in [2.24, 2.45) is 0 Å². The van der Waals surface area contributed by atoms with E-state index in [2.05, 4.69) is 10.3 Å². The van der Waals surface area contributed by atoms with Crippen LogP contribution in [0.25, 0.3) is 0 Å². The number of hydrogen-bond donors (Lipinski definition) is 1. The molecule has 0 spiro atoms. The van der Waals surface area contributed by atoms with Crippen molar-refractivity contribution in [3.63, 3.8) is 0 Å². The van der Waals surface area contributed by atoms with Crippen molar-refractivity contribution in [3.05, 3.63) is 40.4 Å². The Bertz CT molecular complexity index is 750. The molecule has 1 fully saturated rings. The van der Waals surface area contributed by atoms with Gasteiger partial charge in [-0.05, 0) is 42.7 Å². The first-order valence-corrected chi connectivity index (χ1v) is 8.62. The zero-order chi connectivity index (χ0) is 17.1. The summed E-state index contributed by atoms with van der Waals surface area (Å²) in [7, 11) is 1.51. The molecular formula is C17H18N2O4S. The largest absolute Gasteiger partial charge is 0.481 e. The minimum atomic E-state index is -0.385. The monoisotopic (exact) mass is 346 g/mol. The number of methoxy groups -OCH3 is 1. The Hall–Kier alpha value is -2.41. The second-order valence-corrected chi connectivity index (χ2v) is 6.31. The highest BCUT2D eigenvalue weighted by molar-refractivity contribution is 7.15. The van der Waals surface area contributed by atoms with Crippen LogP contribution in [0.1, 0.15) is 52.0 Å². The lowest BCUT2D eigenvalue weighted by atomic mass is 10.1. The average Bonchev–Trinajstić information content (AvgIpc) is 3.36. The van der Waals surface area contributed by atoms with Crippen molar-refractivity contribution >= 4 is 28.2 Å². The van der Waals surface area contributed by atoms with Crippen molar-refractivity contribution in [1.29, 1.82) is 0 Å². The van der Waals surface area contributed by atoms with Crippen LogP contribution in [-0.4, -0.2) is 30.6 Å². The fourth-order valence-electron chi connectivity index (χ4n) is 2.38. The van der Waals surface area contributed by atoms with Crippen molar-refractivity contribution in [3.8, 4) is 5.88 Å². The molecule has 2 aromatic heterocycles. The first kappa shape index (κ1) is 16.4. The minimum Gasteiger partial charge on any atom is -0.481 e. The third-order valence-corrected chi connectivity index (χ3v) is 4.66. The highest BCUT2D eigenvalue weighted by Crippen LogP contribution is 2.46. The van der Waals surface area contributed by atoms with E-state index in [1.54, 1.807) is 19.1 Å². The van der Waals surface area contributed by atoms with Gasteiger partial charge in [0.05, 0.1) is 24.8 Å². The van der Waals surface area contributed by atoms with Gasteiger partial charge in [-0.3, -0.25) is 4.79 Å². The number of hydrogen-bond acceptors (Lipinski definition) is 6. The maximum Gasteiger partial charge on any atom is 0.341 e. The molecule has 1 aliphatic rings. The van der Waals surface area contributed by atoms with Gasteiger partial charge in [0, 0.05) is 12.3 Å². The molecule has 0 aromatic carbocycles. The smallest absolute Gasteiger partial charge is 0.341 e. The van der Waals surface area contributed by atoms with E-state index in [-0.39, 0.29) is 11.9 Å². The van der Waals surface area contributed by atoms with Crippen molar-refractivity contribution < 1.29 is 19.1 Å². The number of ether oxygens (including phenoxy) is 2. The van der Waals surface area contributed by atoms with Crippen LogP contribution in [0.2, 0.25) is 0 Å². The molecule has 2 aromatic rings. The van der Waals surface area contributed by atoms with Gasteiger partial charge in [-0.25, -0.2) is 9.78 Å². The number of carbonyl (C=O) groups is 2. The lowest BCUT2D eigenvalue weighted by Crippen LogP contribution is -2.15. The molecule has 1 aliphatic carbocycles. The highest BCUT2D eigenvalue weighted by atomic mass is 32.1. The fraction of sp³-hybridized carbons (Fsp3) is 0.353. The Labute approximate surface area is 143 Å². The molecule has 1 saturated carbocycles. The number of amides is 1. The minimum absolute atomic E-state index is 0.300. The molecule has 3 rings (SSSR count). The van der Waals surface area contributed by atoms with Crippen molar-refractivity contribution in [1.82, 2.24) is 4.98 Å². The SMILES string of the molecule is CCOC(=O)c1c(C2CC2)csc1NC(=O)c1ccc(OC)nc1. The molecule has 0 unspecified atom stereocenters. The summed E-state index contributed by atoms with van der Waals surface area (Å²) >= 11 is 1.35. The van der Waals surface area contributed by atoms with Crippen molar-refractivity contribution in [2.75, 3.05) is 19.0 Å². The Kier molecular flexibility index (Phi) is 4.80. The van der Waals surface area contributed by atoms with Crippen LogP contribution in [0.4, 0.5) is 5.00 Å². The fourth-order valence-corrected chi connectivity index (χ4v) is 3.41. The van der Waals surface area contributed by atoms with Gasteiger partial charge in [0.25, 0.3) is 5.91 Å². The van der Waals surface area contributed by atoms with E-state index in [4.69, 9.17) is 9.47 Å². The second-order valence-electron chi connectivity index (χ2n) is 5.43. The Balaban J connectivity index is 1.83. The number of nitrogens with one attached hydrogen (secondary N) is 1. The van der Waals surface area contributed by atoms with Gasteiger partial charge in [0.15, 0.2) is 0 Å². The number of esters is 1. The summed E-state index contributed by atoms with van der Waals surface area (Å²) in [4.78, 5) is 28.7. The third-order valence-electron chi connectivity index (χ3n) is 3.75. The summed E-state index contributed by atoms with van der Waals surface area (Å²) in [6.07, 6.45) is 3.57. The van der Waals surface area contributed by atoms with E-state index in [9.17, 15) is 9.59 Å². The molecule has 1 N–H and O–H groups in total. The predicted octanol–water partition coefficient (Wildman–Crippen LogP) is 3.46. The van der Waals surface area contributed by atoms with Gasteiger partial charge in [-0.2, -0.15) is 0 Å². The van der Waals surface area contributed by atoms with E-state index >= 15 is 0 Å². The van der Waals surface area contributed by atoms with Crippen LogP contribution in [0.15, 0.2) is 23.7 Å². The first-order valence-electron chi connectivity index (χ1n) is 7.74. The average molecular weight is 346 g/mol. The van der Waals surface area contributed by atoms with Gasteiger partial charge in [-0.1, -0.05) is 0 Å². The number of aromatic nitrogens is 1. The third kappa shape index (κ3) is 3.41. The molecule has 0 bridgehead atoms. The Morgan fingerprint density at radius 3 is 2.75 bits per heavy atom. The van der Waals surface area contributed by atoms with E-state index in [1.807, 2.05) is 5.38 Å². The summed E-state index contributed by atoms with van der Waals surface area (Å²) in [5, 5.41) is 5.27. The van der Waals surface area contributed by atoms with Crippen LogP contribution in [0.5, 0.6) is 5.88 Å². The first-order chi connectivity index (χ1) is 11.6. The molecular weight excluding hydrogens is 328 g/mol. The van der Waals surface area contributed by atoms with E-state index in [1.165, 1.54) is 24.6 Å². The van der Waals surface area contributed by atoms with Crippen LogP contribution in [0.3, 0.4) is 0 Å². The second kappa shape index (κ2) is 7.00. The maximum absolute atomic E-state index is 12.4. The topological polar surface area (TPSA) is 77.5 Å². The predicted molar refractivity (Wildman–Crippen MR) is 91.0 cm³/mol. The molecule has 0 aliphatic heterocycles. The molecule has 0 atom stereocenters. The Morgan fingerprint density at radius 2 is 2.17 bits per heavy atom. The zero-order valence-corrected chi connectivity index (χ0v) is 14.3. The number of nitrogens with zero attached hydrogens (tertiary/aromatic N) is 1. The quantitative estimate of drug-likeness (QED) is 0.811. The van der Waals surface area contributed by atoms with Crippen LogP contribution in [0, 0.1) is 0 Å². The number of thiophene rings is 1. The maximum atomic E-state index is 12.4. The van der Waals surface area contributed by atoms with E-state index in [0.717, 1.165) is 18.4 Å². The lowest BCUT2D eigenvalue weighted by Gasteiger charge is -2.08.